The third-order valence-electron chi connectivity index (χ3n) is 5.25. The summed E-state index contributed by atoms with van der Waals surface area (Å²) in [4.78, 5) is 28.8. The Kier molecular flexibility index (Phi) is 6.59. The van der Waals surface area contributed by atoms with Crippen LogP contribution in [-0.2, 0) is 9.59 Å². The topological polar surface area (TPSA) is 52.7 Å². The number of amides is 2. The zero-order chi connectivity index (χ0) is 18.6. The summed E-state index contributed by atoms with van der Waals surface area (Å²) in [5, 5.41) is 2.98. The van der Waals surface area contributed by atoms with Gasteiger partial charge in [-0.3, -0.25) is 14.5 Å². The molecule has 1 heterocycles. The summed E-state index contributed by atoms with van der Waals surface area (Å²) in [6.07, 6.45) is 2.13. The Morgan fingerprint density at radius 2 is 1.80 bits per heavy atom. The molecular formula is C20H31N3O2. The molecule has 0 aliphatic carbocycles. The van der Waals surface area contributed by atoms with E-state index in [4.69, 9.17) is 0 Å². The third kappa shape index (κ3) is 5.05. The lowest BCUT2D eigenvalue weighted by atomic mass is 9.99. The number of nitrogens with zero attached hydrogens (tertiary/aromatic N) is 2. The maximum absolute atomic E-state index is 12.6. The Morgan fingerprint density at radius 3 is 2.36 bits per heavy atom. The summed E-state index contributed by atoms with van der Waals surface area (Å²) in [6, 6.07) is 5.65. The molecule has 0 radical (unpaired) electrons. The molecule has 2 rings (SSSR count). The number of rotatable bonds is 5. The number of likely N-dealkylation sites (N-methyl/N-ethyl adjacent to an activating group) is 1. The van der Waals surface area contributed by atoms with Crippen LogP contribution < -0.4 is 5.32 Å². The quantitative estimate of drug-likeness (QED) is 0.893. The number of carbonyl (C=O) groups excluding carboxylic acids is 2. The fourth-order valence-corrected chi connectivity index (χ4v) is 3.24. The Labute approximate surface area is 151 Å². The van der Waals surface area contributed by atoms with Gasteiger partial charge >= 0.3 is 0 Å². The molecule has 25 heavy (non-hydrogen) atoms. The first kappa shape index (κ1) is 19.4. The summed E-state index contributed by atoms with van der Waals surface area (Å²) < 4.78 is 0. The molecule has 1 atom stereocenters. The van der Waals surface area contributed by atoms with Crippen LogP contribution >= 0.6 is 0 Å². The van der Waals surface area contributed by atoms with E-state index in [9.17, 15) is 9.59 Å². The van der Waals surface area contributed by atoms with Crippen LogP contribution in [0.1, 0.15) is 37.8 Å². The number of hydrogen-bond acceptors (Lipinski definition) is 3. The van der Waals surface area contributed by atoms with E-state index in [2.05, 4.69) is 12.2 Å². The number of hydrogen-bond donors (Lipinski definition) is 1. The van der Waals surface area contributed by atoms with Crippen LogP contribution in [0, 0.1) is 19.8 Å². The molecule has 1 fully saturated rings. The van der Waals surface area contributed by atoms with Crippen LogP contribution in [0.2, 0.25) is 0 Å². The van der Waals surface area contributed by atoms with Crippen LogP contribution in [0.25, 0.3) is 0 Å². The molecule has 1 saturated heterocycles. The monoisotopic (exact) mass is 345 g/mol. The van der Waals surface area contributed by atoms with Gasteiger partial charge in [-0.1, -0.05) is 25.1 Å². The van der Waals surface area contributed by atoms with Crippen LogP contribution in [0.3, 0.4) is 0 Å². The van der Waals surface area contributed by atoms with Crippen LogP contribution in [-0.4, -0.2) is 54.3 Å². The SMILES string of the molecule is Cc1cccc(C)c1NC(=O)CN(C)C(C)C(=O)N1CCC(C)CC1. The van der Waals surface area contributed by atoms with Crippen LogP contribution in [0.15, 0.2) is 18.2 Å². The van der Waals surface area contributed by atoms with Crippen molar-refractivity contribution in [3.8, 4) is 0 Å². The van der Waals surface area contributed by atoms with Gasteiger partial charge in [-0.15, -0.1) is 0 Å². The van der Waals surface area contributed by atoms with E-state index in [0.29, 0.717) is 5.92 Å². The Morgan fingerprint density at radius 1 is 1.24 bits per heavy atom. The van der Waals surface area contributed by atoms with Gasteiger partial charge in [0.05, 0.1) is 12.6 Å². The van der Waals surface area contributed by atoms with Gasteiger partial charge < -0.3 is 10.2 Å². The average Bonchev–Trinajstić information content (AvgIpc) is 2.57. The maximum Gasteiger partial charge on any atom is 0.239 e. The van der Waals surface area contributed by atoms with Crippen molar-refractivity contribution in [2.45, 2.75) is 46.6 Å². The van der Waals surface area contributed by atoms with Gasteiger partial charge in [0.15, 0.2) is 0 Å². The van der Waals surface area contributed by atoms with E-state index >= 15 is 0 Å². The molecule has 138 valence electrons. The van der Waals surface area contributed by atoms with Gasteiger partial charge in [0.2, 0.25) is 11.8 Å². The van der Waals surface area contributed by atoms with Crippen molar-refractivity contribution in [3.05, 3.63) is 29.3 Å². The highest BCUT2D eigenvalue weighted by atomic mass is 16.2. The van der Waals surface area contributed by atoms with E-state index in [0.717, 1.165) is 42.7 Å². The molecule has 0 saturated carbocycles. The molecular weight excluding hydrogens is 314 g/mol. The molecule has 0 aromatic heterocycles. The number of piperidine rings is 1. The first-order valence-corrected chi connectivity index (χ1v) is 9.14. The van der Waals surface area contributed by atoms with E-state index in [1.807, 2.05) is 55.8 Å². The fourth-order valence-electron chi connectivity index (χ4n) is 3.24. The standard InChI is InChI=1S/C20H31N3O2/c1-14-9-11-23(12-10-14)20(25)17(4)22(5)13-18(24)21-19-15(2)7-6-8-16(19)3/h6-8,14,17H,9-13H2,1-5H3,(H,21,24). The van der Waals surface area contributed by atoms with Crippen molar-refractivity contribution in [2.75, 3.05) is 32.0 Å². The number of aryl methyl sites for hydroxylation is 2. The van der Waals surface area contributed by atoms with Crippen molar-refractivity contribution in [1.82, 2.24) is 9.80 Å². The van der Waals surface area contributed by atoms with Gasteiger partial charge in [0, 0.05) is 18.8 Å². The van der Waals surface area contributed by atoms with Crippen LogP contribution in [0.4, 0.5) is 5.69 Å². The smallest absolute Gasteiger partial charge is 0.239 e. The molecule has 0 spiro atoms. The first-order valence-electron chi connectivity index (χ1n) is 9.14. The predicted octanol–water partition coefficient (Wildman–Crippen LogP) is 2.82. The Bertz CT molecular complexity index is 601. The second kappa shape index (κ2) is 8.48. The molecule has 1 aromatic rings. The Balaban J connectivity index is 1.90. The van der Waals surface area contributed by atoms with Gasteiger partial charge in [0.1, 0.15) is 0 Å². The summed E-state index contributed by atoms with van der Waals surface area (Å²) in [5.74, 6) is 0.723. The zero-order valence-corrected chi connectivity index (χ0v) is 16.1. The number of carbonyl (C=O) groups is 2. The molecule has 1 aromatic carbocycles. The van der Waals surface area contributed by atoms with Gasteiger partial charge in [-0.25, -0.2) is 0 Å². The number of anilines is 1. The number of nitrogens with one attached hydrogen (secondary N) is 1. The van der Waals surface area contributed by atoms with E-state index in [-0.39, 0.29) is 24.4 Å². The summed E-state index contributed by atoms with van der Waals surface area (Å²) in [5.41, 5.74) is 2.95. The van der Waals surface area contributed by atoms with Gasteiger partial charge in [-0.05, 0) is 57.7 Å². The Hall–Kier alpha value is -1.88. The number of benzene rings is 1. The first-order chi connectivity index (χ1) is 11.8. The van der Waals surface area contributed by atoms with Crippen LogP contribution in [0.5, 0.6) is 0 Å². The minimum Gasteiger partial charge on any atom is -0.341 e. The van der Waals surface area contributed by atoms with Crippen molar-refractivity contribution >= 4 is 17.5 Å². The fraction of sp³-hybridized carbons (Fsp3) is 0.600. The molecule has 2 amide bonds. The molecule has 5 heteroatoms. The molecule has 1 aliphatic heterocycles. The van der Waals surface area contributed by atoms with E-state index in [1.165, 1.54) is 0 Å². The largest absolute Gasteiger partial charge is 0.341 e. The molecule has 0 bridgehead atoms. The minimum atomic E-state index is -0.294. The summed E-state index contributed by atoms with van der Waals surface area (Å²) >= 11 is 0. The van der Waals surface area contributed by atoms with Crippen molar-refractivity contribution < 1.29 is 9.59 Å². The lowest BCUT2D eigenvalue weighted by molar-refractivity contribution is -0.137. The van der Waals surface area contributed by atoms with Gasteiger partial charge in [0.25, 0.3) is 0 Å². The number of likely N-dealkylation sites (tertiary alicyclic amines) is 1. The highest BCUT2D eigenvalue weighted by Gasteiger charge is 2.27. The maximum atomic E-state index is 12.6. The zero-order valence-electron chi connectivity index (χ0n) is 16.1. The molecule has 1 N–H and O–H groups in total. The lowest BCUT2D eigenvalue weighted by Gasteiger charge is -2.34. The second-order valence-corrected chi connectivity index (χ2v) is 7.41. The second-order valence-electron chi connectivity index (χ2n) is 7.41. The predicted molar refractivity (Wildman–Crippen MR) is 102 cm³/mol. The highest BCUT2D eigenvalue weighted by Crippen LogP contribution is 2.20. The summed E-state index contributed by atoms with van der Waals surface area (Å²) in [7, 11) is 1.83. The van der Waals surface area contributed by atoms with E-state index < -0.39 is 0 Å². The van der Waals surface area contributed by atoms with Gasteiger partial charge in [-0.2, -0.15) is 0 Å². The molecule has 1 aliphatic rings. The van der Waals surface area contributed by atoms with E-state index in [1.54, 1.807) is 0 Å². The van der Waals surface area contributed by atoms with Crippen molar-refractivity contribution in [2.24, 2.45) is 5.92 Å². The highest BCUT2D eigenvalue weighted by molar-refractivity contribution is 5.94. The average molecular weight is 345 g/mol. The molecule has 5 nitrogen and oxygen atoms in total. The number of para-hydroxylation sites is 1. The van der Waals surface area contributed by atoms with Crippen molar-refractivity contribution in [1.29, 1.82) is 0 Å². The normalized spacial score (nSPS) is 16.8. The minimum absolute atomic E-state index is 0.0909. The lowest BCUT2D eigenvalue weighted by Crippen LogP contribution is -2.49. The molecule has 1 unspecified atom stereocenters. The summed E-state index contributed by atoms with van der Waals surface area (Å²) in [6.45, 7) is 9.93. The third-order valence-corrected chi connectivity index (χ3v) is 5.25. The van der Waals surface area contributed by atoms with Crippen molar-refractivity contribution in [3.63, 3.8) is 0 Å².